The summed E-state index contributed by atoms with van der Waals surface area (Å²) in [5, 5.41) is 3.99. The first-order chi connectivity index (χ1) is 19.0. The third-order valence-corrected chi connectivity index (χ3v) is 8.89. The van der Waals surface area contributed by atoms with Gasteiger partial charge < -0.3 is 10.2 Å². The summed E-state index contributed by atoms with van der Waals surface area (Å²) in [6, 6.07) is 16.6. The van der Waals surface area contributed by atoms with Gasteiger partial charge in [0.1, 0.15) is 12.6 Å². The fourth-order valence-electron chi connectivity index (χ4n) is 4.16. The van der Waals surface area contributed by atoms with E-state index in [2.05, 4.69) is 5.32 Å². The van der Waals surface area contributed by atoms with Crippen LogP contribution in [0.5, 0.6) is 0 Å². The molecule has 0 spiro atoms. The highest BCUT2D eigenvalue weighted by Gasteiger charge is 2.34. The van der Waals surface area contributed by atoms with Crippen molar-refractivity contribution in [2.24, 2.45) is 0 Å². The number of rotatable bonds is 12. The molecule has 1 atom stereocenters. The first-order valence-electron chi connectivity index (χ1n) is 12.8. The smallest absolute Gasteiger partial charge is 0.264 e. The molecular weight excluding hydrogens is 593 g/mol. The van der Waals surface area contributed by atoms with Gasteiger partial charge in [0.05, 0.1) is 10.6 Å². The minimum absolute atomic E-state index is 0.0183. The zero-order valence-corrected chi connectivity index (χ0v) is 25.6. The van der Waals surface area contributed by atoms with Crippen LogP contribution in [0.4, 0.5) is 5.69 Å². The summed E-state index contributed by atoms with van der Waals surface area (Å²) in [5.41, 5.74) is 1.71. The van der Waals surface area contributed by atoms with Crippen molar-refractivity contribution in [3.8, 4) is 0 Å². The predicted molar refractivity (Wildman–Crippen MR) is 162 cm³/mol. The zero-order valence-electron chi connectivity index (χ0n) is 22.5. The van der Waals surface area contributed by atoms with Crippen LogP contribution in [0, 0.1) is 6.92 Å². The van der Waals surface area contributed by atoms with Crippen LogP contribution in [0.3, 0.4) is 0 Å². The Morgan fingerprint density at radius 2 is 1.60 bits per heavy atom. The van der Waals surface area contributed by atoms with Crippen molar-refractivity contribution < 1.29 is 18.0 Å². The van der Waals surface area contributed by atoms with Crippen LogP contribution in [-0.4, -0.2) is 44.3 Å². The molecule has 0 heterocycles. The number of halogens is 3. The maximum atomic E-state index is 14.1. The SMILES string of the molecule is CCCNC(=O)C(CC)N(Cc1ccc(Cl)cc1Cl)C(=O)CN(c1cccc(C)c1)S(=O)(=O)c1ccc(Cl)cc1. The topological polar surface area (TPSA) is 86.8 Å². The number of sulfonamides is 1. The first kappa shape index (κ1) is 31.7. The Labute approximate surface area is 251 Å². The molecule has 3 aromatic rings. The van der Waals surface area contributed by atoms with Gasteiger partial charge in [-0.3, -0.25) is 13.9 Å². The summed E-state index contributed by atoms with van der Waals surface area (Å²) in [5.74, 6) is -0.894. The molecule has 7 nitrogen and oxygen atoms in total. The second kappa shape index (κ2) is 14.2. The third kappa shape index (κ3) is 7.91. The van der Waals surface area contributed by atoms with Gasteiger partial charge in [0.25, 0.3) is 10.0 Å². The van der Waals surface area contributed by atoms with Gasteiger partial charge in [0.2, 0.25) is 11.8 Å². The molecule has 0 saturated carbocycles. The maximum Gasteiger partial charge on any atom is 0.264 e. The van der Waals surface area contributed by atoms with Gasteiger partial charge >= 0.3 is 0 Å². The summed E-state index contributed by atoms with van der Waals surface area (Å²) in [4.78, 5) is 28.6. The Morgan fingerprint density at radius 1 is 0.925 bits per heavy atom. The summed E-state index contributed by atoms with van der Waals surface area (Å²) < 4.78 is 28.8. The van der Waals surface area contributed by atoms with Crippen molar-refractivity contribution in [3.05, 3.63) is 92.9 Å². The molecule has 0 radical (unpaired) electrons. The molecule has 0 saturated heterocycles. The molecule has 3 aromatic carbocycles. The molecule has 3 rings (SSSR count). The molecule has 1 unspecified atom stereocenters. The van der Waals surface area contributed by atoms with E-state index in [0.29, 0.717) is 39.3 Å². The number of carbonyl (C=O) groups is 2. The second-order valence-electron chi connectivity index (χ2n) is 9.28. The lowest BCUT2D eigenvalue weighted by Gasteiger charge is -2.33. The second-order valence-corrected chi connectivity index (χ2v) is 12.4. The lowest BCUT2D eigenvalue weighted by atomic mass is 10.1. The van der Waals surface area contributed by atoms with Crippen LogP contribution in [0.25, 0.3) is 0 Å². The Bertz CT molecular complexity index is 1450. The third-order valence-electron chi connectivity index (χ3n) is 6.26. The standard InChI is InChI=1S/C29H32Cl3N3O4S/c1-4-15-33-29(37)27(5-2)34(18-21-9-10-23(31)17-26(21)32)28(36)19-35(24-8-6-7-20(3)16-24)40(38,39)25-13-11-22(30)12-14-25/h6-14,16-17,27H,4-5,15,18-19H2,1-3H3,(H,33,37). The van der Waals surface area contributed by atoms with Gasteiger partial charge in [-0.25, -0.2) is 8.42 Å². The van der Waals surface area contributed by atoms with Crippen LogP contribution in [0.1, 0.15) is 37.8 Å². The largest absolute Gasteiger partial charge is 0.354 e. The summed E-state index contributed by atoms with van der Waals surface area (Å²) in [6.45, 7) is 5.44. The van der Waals surface area contributed by atoms with Crippen LogP contribution in [0.15, 0.2) is 71.6 Å². The van der Waals surface area contributed by atoms with E-state index in [-0.39, 0.29) is 17.3 Å². The van der Waals surface area contributed by atoms with E-state index in [1.165, 1.54) is 29.2 Å². The molecule has 40 heavy (non-hydrogen) atoms. The summed E-state index contributed by atoms with van der Waals surface area (Å²) in [6.07, 6.45) is 1.03. The van der Waals surface area contributed by atoms with E-state index in [1.807, 2.05) is 19.9 Å². The van der Waals surface area contributed by atoms with E-state index in [4.69, 9.17) is 34.8 Å². The Hall–Kier alpha value is -2.78. The Morgan fingerprint density at radius 3 is 2.20 bits per heavy atom. The number of nitrogens with zero attached hydrogens (tertiary/aromatic N) is 2. The van der Waals surface area contributed by atoms with E-state index in [0.717, 1.165) is 16.3 Å². The zero-order chi connectivity index (χ0) is 29.4. The van der Waals surface area contributed by atoms with Crippen molar-refractivity contribution >= 4 is 62.3 Å². The number of carbonyl (C=O) groups excluding carboxylic acids is 2. The van der Waals surface area contributed by atoms with E-state index < -0.39 is 28.5 Å². The first-order valence-corrected chi connectivity index (χ1v) is 15.4. The summed E-state index contributed by atoms with van der Waals surface area (Å²) >= 11 is 18.5. The lowest BCUT2D eigenvalue weighted by Crippen LogP contribution is -2.52. The van der Waals surface area contributed by atoms with Crippen molar-refractivity contribution in [2.45, 2.75) is 51.1 Å². The molecular formula is C29H32Cl3N3O4S. The molecule has 214 valence electrons. The maximum absolute atomic E-state index is 14.1. The van der Waals surface area contributed by atoms with E-state index in [1.54, 1.807) is 43.3 Å². The quantitative estimate of drug-likeness (QED) is 0.250. The lowest BCUT2D eigenvalue weighted by molar-refractivity contribution is -0.140. The normalized spacial score (nSPS) is 12.1. The molecule has 0 aliphatic heterocycles. The number of amides is 2. The van der Waals surface area contributed by atoms with Crippen molar-refractivity contribution in [3.63, 3.8) is 0 Å². The molecule has 2 amide bonds. The van der Waals surface area contributed by atoms with Crippen LogP contribution < -0.4 is 9.62 Å². The summed E-state index contributed by atoms with van der Waals surface area (Å²) in [7, 11) is -4.19. The number of hydrogen-bond donors (Lipinski definition) is 1. The molecule has 11 heteroatoms. The van der Waals surface area contributed by atoms with Crippen LogP contribution in [-0.2, 0) is 26.2 Å². The molecule has 0 aliphatic rings. The minimum atomic E-state index is -4.19. The minimum Gasteiger partial charge on any atom is -0.354 e. The molecule has 0 aromatic heterocycles. The molecule has 0 bridgehead atoms. The van der Waals surface area contributed by atoms with E-state index >= 15 is 0 Å². The van der Waals surface area contributed by atoms with Gasteiger partial charge in [-0.15, -0.1) is 0 Å². The highest BCUT2D eigenvalue weighted by molar-refractivity contribution is 7.92. The Balaban J connectivity index is 2.07. The fourth-order valence-corrected chi connectivity index (χ4v) is 6.16. The average molecular weight is 625 g/mol. The van der Waals surface area contributed by atoms with Gasteiger partial charge in [-0.2, -0.15) is 0 Å². The highest BCUT2D eigenvalue weighted by atomic mass is 35.5. The number of benzene rings is 3. The number of hydrogen-bond acceptors (Lipinski definition) is 4. The van der Waals surface area contributed by atoms with E-state index in [9.17, 15) is 18.0 Å². The van der Waals surface area contributed by atoms with Gasteiger partial charge in [-0.1, -0.05) is 66.8 Å². The number of aryl methyl sites for hydroxylation is 1. The monoisotopic (exact) mass is 623 g/mol. The predicted octanol–water partition coefficient (Wildman–Crippen LogP) is 6.48. The fraction of sp³-hybridized carbons (Fsp3) is 0.310. The van der Waals surface area contributed by atoms with Crippen LogP contribution in [0.2, 0.25) is 15.1 Å². The number of nitrogens with one attached hydrogen (secondary N) is 1. The van der Waals surface area contributed by atoms with Gasteiger partial charge in [0, 0.05) is 28.2 Å². The number of anilines is 1. The van der Waals surface area contributed by atoms with Crippen molar-refractivity contribution in [2.75, 3.05) is 17.4 Å². The highest BCUT2D eigenvalue weighted by Crippen LogP contribution is 2.28. The van der Waals surface area contributed by atoms with Crippen molar-refractivity contribution in [1.29, 1.82) is 0 Å². The average Bonchev–Trinajstić information content (AvgIpc) is 2.91. The van der Waals surface area contributed by atoms with Crippen LogP contribution >= 0.6 is 34.8 Å². The molecule has 0 fully saturated rings. The molecule has 1 N–H and O–H groups in total. The van der Waals surface area contributed by atoms with Gasteiger partial charge in [-0.05, 0) is 79.4 Å². The van der Waals surface area contributed by atoms with Crippen molar-refractivity contribution in [1.82, 2.24) is 10.2 Å². The Kier molecular flexibility index (Phi) is 11.3. The molecule has 0 aliphatic carbocycles. The van der Waals surface area contributed by atoms with Gasteiger partial charge in [0.15, 0.2) is 0 Å².